The molecule has 21 heavy (non-hydrogen) atoms. The average Bonchev–Trinajstić information content (AvgIpc) is 2.50. The van der Waals surface area contributed by atoms with Crippen LogP contribution in [0.4, 0.5) is 11.9 Å². The summed E-state index contributed by atoms with van der Waals surface area (Å²) in [7, 11) is 2.01. The Hall–Kier alpha value is -1.59. The summed E-state index contributed by atoms with van der Waals surface area (Å²) in [5.41, 5.74) is 0. The van der Waals surface area contributed by atoms with Crippen LogP contribution in [0.3, 0.4) is 0 Å². The van der Waals surface area contributed by atoms with E-state index in [1.54, 1.807) is 0 Å². The number of nitrogens with one attached hydrogen (secondary N) is 1. The van der Waals surface area contributed by atoms with Crippen LogP contribution in [0.1, 0.15) is 52.9 Å². The highest BCUT2D eigenvalue weighted by Crippen LogP contribution is 2.15. The largest absolute Gasteiger partial charge is 0.463 e. The van der Waals surface area contributed by atoms with E-state index in [1.807, 2.05) is 7.05 Å². The lowest BCUT2D eigenvalue weighted by atomic mass is 10.2. The molecule has 0 unspecified atom stereocenters. The van der Waals surface area contributed by atoms with Crippen molar-refractivity contribution in [1.82, 2.24) is 15.0 Å². The Bertz CT molecular complexity index is 373. The number of ether oxygens (including phenoxy) is 1. The second kappa shape index (κ2) is 10.2. The number of anilines is 2. The fraction of sp³-hybridized carbons (Fsp3) is 0.800. The second-order valence-corrected chi connectivity index (χ2v) is 5.15. The molecule has 1 aromatic heterocycles. The van der Waals surface area contributed by atoms with Gasteiger partial charge in [-0.3, -0.25) is 0 Å². The summed E-state index contributed by atoms with van der Waals surface area (Å²) in [6, 6.07) is 0.405. The third-order valence-electron chi connectivity index (χ3n) is 3.01. The number of hydrogen-bond acceptors (Lipinski definition) is 6. The van der Waals surface area contributed by atoms with Crippen LogP contribution in [-0.4, -0.2) is 41.7 Å². The van der Waals surface area contributed by atoms with Crippen LogP contribution in [-0.2, 0) is 0 Å². The molecule has 0 bridgehead atoms. The van der Waals surface area contributed by atoms with Gasteiger partial charge in [0.25, 0.3) is 0 Å². The van der Waals surface area contributed by atoms with Gasteiger partial charge in [0.1, 0.15) is 0 Å². The third-order valence-corrected chi connectivity index (χ3v) is 3.01. The second-order valence-electron chi connectivity index (χ2n) is 5.15. The van der Waals surface area contributed by atoms with Gasteiger partial charge in [-0.1, -0.05) is 33.6 Å². The monoisotopic (exact) mass is 295 g/mol. The first-order valence-corrected chi connectivity index (χ1v) is 8.05. The van der Waals surface area contributed by atoms with Crippen LogP contribution in [0, 0.1) is 0 Å². The van der Waals surface area contributed by atoms with E-state index in [1.165, 1.54) is 12.8 Å². The molecule has 6 nitrogen and oxygen atoms in total. The fourth-order valence-electron chi connectivity index (χ4n) is 1.79. The zero-order valence-electron chi connectivity index (χ0n) is 13.9. The molecule has 120 valence electrons. The molecule has 0 saturated heterocycles. The maximum Gasteiger partial charge on any atom is 0.323 e. The SMILES string of the molecule is CCCCCN(C)c1nc(NCCC)nc(OCCC)n1. The zero-order chi connectivity index (χ0) is 15.5. The zero-order valence-corrected chi connectivity index (χ0v) is 13.9. The number of rotatable bonds is 11. The van der Waals surface area contributed by atoms with Crippen molar-refractivity contribution in [2.75, 3.05) is 37.0 Å². The van der Waals surface area contributed by atoms with E-state index in [2.05, 4.69) is 45.9 Å². The van der Waals surface area contributed by atoms with Crippen LogP contribution in [0.5, 0.6) is 6.01 Å². The van der Waals surface area contributed by atoms with Gasteiger partial charge in [0, 0.05) is 20.1 Å². The Balaban J connectivity index is 2.78. The first kappa shape index (κ1) is 17.5. The highest BCUT2D eigenvalue weighted by Gasteiger charge is 2.11. The van der Waals surface area contributed by atoms with Crippen LogP contribution in [0.25, 0.3) is 0 Å². The molecule has 0 aromatic carbocycles. The van der Waals surface area contributed by atoms with Crippen molar-refractivity contribution in [3.63, 3.8) is 0 Å². The van der Waals surface area contributed by atoms with Crippen LogP contribution >= 0.6 is 0 Å². The smallest absolute Gasteiger partial charge is 0.323 e. The van der Waals surface area contributed by atoms with E-state index in [9.17, 15) is 0 Å². The van der Waals surface area contributed by atoms with Crippen molar-refractivity contribution < 1.29 is 4.74 Å². The molecule has 0 aliphatic carbocycles. The Morgan fingerprint density at radius 2 is 1.81 bits per heavy atom. The highest BCUT2D eigenvalue weighted by molar-refractivity contribution is 5.37. The standard InChI is InChI=1S/C15H29N5O/c1-5-8-9-11-20(4)14-17-13(16-10-6-2)18-15(19-14)21-12-7-3/h5-12H2,1-4H3,(H,16,17,18,19). The van der Waals surface area contributed by atoms with E-state index < -0.39 is 0 Å². The van der Waals surface area contributed by atoms with Gasteiger partial charge < -0.3 is 15.0 Å². The lowest BCUT2D eigenvalue weighted by Crippen LogP contribution is -2.22. The maximum atomic E-state index is 5.56. The molecular formula is C15H29N5O. The molecule has 0 atom stereocenters. The Morgan fingerprint density at radius 1 is 1.00 bits per heavy atom. The molecule has 1 rings (SSSR count). The first-order valence-electron chi connectivity index (χ1n) is 8.05. The molecule has 0 fully saturated rings. The van der Waals surface area contributed by atoms with Gasteiger partial charge >= 0.3 is 6.01 Å². The summed E-state index contributed by atoms with van der Waals surface area (Å²) < 4.78 is 5.56. The van der Waals surface area contributed by atoms with Crippen LogP contribution in [0.2, 0.25) is 0 Å². The predicted molar refractivity (Wildman–Crippen MR) is 87.2 cm³/mol. The van der Waals surface area contributed by atoms with Crippen molar-refractivity contribution in [1.29, 1.82) is 0 Å². The van der Waals surface area contributed by atoms with E-state index in [0.29, 0.717) is 24.5 Å². The van der Waals surface area contributed by atoms with E-state index >= 15 is 0 Å². The van der Waals surface area contributed by atoms with Gasteiger partial charge in [0.05, 0.1) is 6.61 Å². The quantitative estimate of drug-likeness (QED) is 0.633. The van der Waals surface area contributed by atoms with Crippen molar-refractivity contribution in [2.24, 2.45) is 0 Å². The molecule has 0 saturated carbocycles. The lowest BCUT2D eigenvalue weighted by molar-refractivity contribution is 0.292. The number of unbranched alkanes of at least 4 members (excludes halogenated alkanes) is 2. The fourth-order valence-corrected chi connectivity index (χ4v) is 1.79. The number of aromatic nitrogens is 3. The molecule has 0 spiro atoms. The summed E-state index contributed by atoms with van der Waals surface area (Å²) in [5.74, 6) is 1.26. The molecular weight excluding hydrogens is 266 g/mol. The first-order chi connectivity index (χ1) is 10.2. The van der Waals surface area contributed by atoms with Crippen LogP contribution in [0.15, 0.2) is 0 Å². The minimum atomic E-state index is 0.405. The Kier molecular flexibility index (Phi) is 8.47. The van der Waals surface area contributed by atoms with Crippen molar-refractivity contribution >= 4 is 11.9 Å². The molecule has 1 aromatic rings. The number of hydrogen-bond donors (Lipinski definition) is 1. The minimum Gasteiger partial charge on any atom is -0.463 e. The molecule has 1 N–H and O–H groups in total. The summed E-state index contributed by atoms with van der Waals surface area (Å²) in [4.78, 5) is 15.2. The Morgan fingerprint density at radius 3 is 2.48 bits per heavy atom. The van der Waals surface area contributed by atoms with Crippen molar-refractivity contribution in [3.8, 4) is 6.01 Å². The summed E-state index contributed by atoms with van der Waals surface area (Å²) in [5, 5.41) is 3.20. The average molecular weight is 295 g/mol. The highest BCUT2D eigenvalue weighted by atomic mass is 16.5. The molecule has 6 heteroatoms. The van der Waals surface area contributed by atoms with Crippen LogP contribution < -0.4 is 15.0 Å². The van der Waals surface area contributed by atoms with E-state index in [4.69, 9.17) is 4.74 Å². The Labute approximate surface area is 128 Å². The van der Waals surface area contributed by atoms with E-state index in [0.717, 1.165) is 32.4 Å². The van der Waals surface area contributed by atoms with Gasteiger partial charge in [-0.25, -0.2) is 0 Å². The normalized spacial score (nSPS) is 10.5. The third kappa shape index (κ3) is 6.60. The molecule has 0 aliphatic rings. The predicted octanol–water partition coefficient (Wildman–Crippen LogP) is 3.11. The van der Waals surface area contributed by atoms with E-state index in [-0.39, 0.29) is 0 Å². The lowest BCUT2D eigenvalue weighted by Gasteiger charge is -2.18. The van der Waals surface area contributed by atoms with Gasteiger partial charge in [0.2, 0.25) is 11.9 Å². The van der Waals surface area contributed by atoms with Gasteiger partial charge in [-0.2, -0.15) is 15.0 Å². The molecule has 0 radical (unpaired) electrons. The maximum absolute atomic E-state index is 5.56. The van der Waals surface area contributed by atoms with Gasteiger partial charge in [0.15, 0.2) is 0 Å². The summed E-state index contributed by atoms with van der Waals surface area (Å²) in [6.45, 7) is 8.78. The number of nitrogens with zero attached hydrogens (tertiary/aromatic N) is 4. The summed E-state index contributed by atoms with van der Waals surface area (Å²) in [6.07, 6.45) is 5.53. The minimum absolute atomic E-state index is 0.405. The molecule has 1 heterocycles. The molecule has 0 aliphatic heterocycles. The van der Waals surface area contributed by atoms with Gasteiger partial charge in [-0.05, 0) is 19.3 Å². The van der Waals surface area contributed by atoms with Crippen molar-refractivity contribution in [2.45, 2.75) is 52.9 Å². The topological polar surface area (TPSA) is 63.2 Å². The van der Waals surface area contributed by atoms with Gasteiger partial charge in [-0.15, -0.1) is 0 Å². The summed E-state index contributed by atoms with van der Waals surface area (Å²) >= 11 is 0. The molecule has 0 amide bonds. The van der Waals surface area contributed by atoms with Crippen molar-refractivity contribution in [3.05, 3.63) is 0 Å².